The van der Waals surface area contributed by atoms with Gasteiger partial charge in [0.1, 0.15) is 0 Å². The first-order valence-electron chi connectivity index (χ1n) is 16.7. The Morgan fingerprint density at radius 3 is 2.02 bits per heavy atom. The number of nitrogens with zero attached hydrogens (tertiary/aromatic N) is 1. The van der Waals surface area contributed by atoms with Gasteiger partial charge in [-0.05, 0) is 79.6 Å². The lowest BCUT2D eigenvalue weighted by molar-refractivity contribution is -0.201. The fraction of sp³-hybridized carbons (Fsp3) is 0.568. The van der Waals surface area contributed by atoms with Gasteiger partial charge in [0.2, 0.25) is 0 Å². The normalized spacial score (nSPS) is 23.4. The quantitative estimate of drug-likeness (QED) is 0.150. The number of benzene rings is 2. The molecule has 1 aliphatic heterocycles. The van der Waals surface area contributed by atoms with E-state index in [1.807, 2.05) is 36.4 Å². The number of rotatable bonds is 10. The molecule has 4 atom stereocenters. The Kier molecular flexibility index (Phi) is 11.3. The standard InChI is InChI=1S/C37H50F3NO4Si/c1-7-44-33(42)27(2)22-23-29-16-14-24-36(41(29)34(43)37(38,39)40)25-15-21-32(36)28(3)26-45-46(35(4,5)6,30-17-10-8-11-18-30)31-19-12-9-13-20-31/h8-13,17-20,22,28-29,32H,7,14-16,21,23-26H2,1-6H3/b27-22+/t28-,29+,32+,36+/m0/s1. The number of piperidine rings is 1. The highest BCUT2D eigenvalue weighted by molar-refractivity contribution is 6.99. The second-order valence-corrected chi connectivity index (χ2v) is 18.4. The summed E-state index contributed by atoms with van der Waals surface area (Å²) in [6.07, 6.45) is 0.529. The number of carbonyl (C=O) groups excluding carboxylic acids is 2. The van der Waals surface area contributed by atoms with E-state index in [-0.39, 0.29) is 29.9 Å². The highest BCUT2D eigenvalue weighted by atomic mass is 28.4. The summed E-state index contributed by atoms with van der Waals surface area (Å²) < 4.78 is 55.3. The zero-order valence-electron chi connectivity index (χ0n) is 28.2. The molecule has 2 fully saturated rings. The molecule has 0 bridgehead atoms. The monoisotopic (exact) mass is 657 g/mol. The fourth-order valence-electron chi connectivity index (χ4n) is 8.27. The topological polar surface area (TPSA) is 55.8 Å². The maximum Gasteiger partial charge on any atom is 0.471 e. The van der Waals surface area contributed by atoms with Gasteiger partial charge in [0.15, 0.2) is 0 Å². The second-order valence-electron chi connectivity index (χ2n) is 14.1. The number of esters is 1. The predicted octanol–water partition coefficient (Wildman–Crippen LogP) is 7.58. The molecule has 1 saturated carbocycles. The molecule has 0 radical (unpaired) electrons. The van der Waals surface area contributed by atoms with Gasteiger partial charge >= 0.3 is 18.1 Å². The summed E-state index contributed by atoms with van der Waals surface area (Å²) in [7, 11) is -2.86. The van der Waals surface area contributed by atoms with Crippen LogP contribution in [0.2, 0.25) is 5.04 Å². The smallest absolute Gasteiger partial charge is 0.463 e. The number of likely N-dealkylation sites (tertiary alicyclic amines) is 1. The number of alkyl halides is 3. The van der Waals surface area contributed by atoms with Crippen LogP contribution >= 0.6 is 0 Å². The van der Waals surface area contributed by atoms with Crippen molar-refractivity contribution in [2.24, 2.45) is 11.8 Å². The molecule has 1 heterocycles. The lowest BCUT2D eigenvalue weighted by Gasteiger charge is -2.54. The lowest BCUT2D eigenvalue weighted by atomic mass is 9.71. The van der Waals surface area contributed by atoms with Crippen LogP contribution in [-0.2, 0) is 18.8 Å². The van der Waals surface area contributed by atoms with E-state index in [0.29, 0.717) is 31.4 Å². The Labute approximate surface area is 273 Å². The Morgan fingerprint density at radius 1 is 0.978 bits per heavy atom. The first-order valence-corrected chi connectivity index (χ1v) is 18.6. The molecule has 0 aromatic heterocycles. The van der Waals surface area contributed by atoms with E-state index in [1.54, 1.807) is 19.9 Å². The van der Waals surface area contributed by atoms with Crippen molar-refractivity contribution in [2.75, 3.05) is 13.2 Å². The van der Waals surface area contributed by atoms with E-state index in [1.165, 1.54) is 4.90 Å². The van der Waals surface area contributed by atoms with Crippen molar-refractivity contribution in [3.63, 3.8) is 0 Å². The number of halogens is 3. The van der Waals surface area contributed by atoms with Gasteiger partial charge in [-0.15, -0.1) is 0 Å². The molecular formula is C37H50F3NO4Si. The number of hydrogen-bond donors (Lipinski definition) is 0. The van der Waals surface area contributed by atoms with Gasteiger partial charge in [0, 0.05) is 23.8 Å². The summed E-state index contributed by atoms with van der Waals surface area (Å²) in [5, 5.41) is 2.06. The molecule has 1 aliphatic carbocycles. The average molecular weight is 658 g/mol. The molecule has 4 rings (SSSR count). The molecule has 2 aromatic carbocycles. The van der Waals surface area contributed by atoms with E-state index >= 15 is 0 Å². The van der Waals surface area contributed by atoms with Gasteiger partial charge in [-0.2, -0.15) is 13.2 Å². The lowest BCUT2D eigenvalue weighted by Crippen LogP contribution is -2.67. The largest absolute Gasteiger partial charge is 0.471 e. The maximum absolute atomic E-state index is 14.3. The van der Waals surface area contributed by atoms with Crippen LogP contribution in [0.5, 0.6) is 0 Å². The first-order chi connectivity index (χ1) is 21.7. The van der Waals surface area contributed by atoms with E-state index < -0.39 is 38.0 Å². The van der Waals surface area contributed by atoms with Crippen LogP contribution in [0.3, 0.4) is 0 Å². The van der Waals surface area contributed by atoms with E-state index in [9.17, 15) is 22.8 Å². The first kappa shape index (κ1) is 35.9. The maximum atomic E-state index is 14.3. The van der Waals surface area contributed by atoms with Crippen molar-refractivity contribution in [2.45, 2.75) is 109 Å². The number of carbonyl (C=O) groups is 2. The molecule has 0 unspecified atom stereocenters. The summed E-state index contributed by atoms with van der Waals surface area (Å²) in [5.74, 6) is -2.51. The molecule has 2 aromatic rings. The molecule has 5 nitrogen and oxygen atoms in total. The highest BCUT2D eigenvalue weighted by Gasteiger charge is 2.59. The molecule has 1 saturated heterocycles. The molecule has 252 valence electrons. The van der Waals surface area contributed by atoms with Crippen molar-refractivity contribution >= 4 is 30.6 Å². The highest BCUT2D eigenvalue weighted by Crippen LogP contribution is 2.52. The number of amides is 1. The third-order valence-corrected chi connectivity index (χ3v) is 15.2. The van der Waals surface area contributed by atoms with Crippen molar-refractivity contribution in [3.05, 3.63) is 72.3 Å². The van der Waals surface area contributed by atoms with Gasteiger partial charge in [0.05, 0.1) is 6.61 Å². The SMILES string of the molecule is CCOC(=O)/C(C)=C/C[C@H]1CCC[C@]2(CCC[C@@H]2[C@@H](C)CO[Si](c2ccccc2)(c2ccccc2)C(C)(C)C)N1C(=O)C(F)(F)F. The summed E-state index contributed by atoms with van der Waals surface area (Å²) in [4.78, 5) is 26.8. The Morgan fingerprint density at radius 2 is 1.52 bits per heavy atom. The molecule has 2 aliphatic rings. The van der Waals surface area contributed by atoms with Crippen LogP contribution in [0.1, 0.15) is 86.5 Å². The van der Waals surface area contributed by atoms with Crippen LogP contribution in [0, 0.1) is 11.8 Å². The van der Waals surface area contributed by atoms with Crippen LogP contribution in [0.25, 0.3) is 0 Å². The van der Waals surface area contributed by atoms with Gasteiger partial charge in [-0.1, -0.05) is 101 Å². The summed E-state index contributed by atoms with van der Waals surface area (Å²) in [5.41, 5.74) is -0.578. The van der Waals surface area contributed by atoms with Gasteiger partial charge in [-0.25, -0.2) is 4.79 Å². The molecule has 46 heavy (non-hydrogen) atoms. The minimum Gasteiger partial charge on any atom is -0.463 e. The Balaban J connectivity index is 1.70. The third kappa shape index (κ3) is 7.15. The zero-order chi connectivity index (χ0) is 33.8. The minimum absolute atomic E-state index is 0.0942. The summed E-state index contributed by atoms with van der Waals surface area (Å²) >= 11 is 0. The van der Waals surface area contributed by atoms with Crippen molar-refractivity contribution in [1.29, 1.82) is 0 Å². The van der Waals surface area contributed by atoms with E-state index in [2.05, 4.69) is 52.0 Å². The second kappa shape index (κ2) is 14.5. The fourth-order valence-corrected chi connectivity index (χ4v) is 12.9. The minimum atomic E-state index is -5.00. The number of hydrogen-bond acceptors (Lipinski definition) is 4. The molecule has 1 spiro atoms. The van der Waals surface area contributed by atoms with Gasteiger partial charge in [0.25, 0.3) is 8.32 Å². The van der Waals surface area contributed by atoms with Crippen molar-refractivity contribution < 1.29 is 31.9 Å². The third-order valence-electron chi connectivity index (χ3n) is 10.2. The molecule has 0 N–H and O–H groups in total. The average Bonchev–Trinajstić information content (AvgIpc) is 3.43. The zero-order valence-corrected chi connectivity index (χ0v) is 29.2. The predicted molar refractivity (Wildman–Crippen MR) is 178 cm³/mol. The van der Waals surface area contributed by atoms with E-state index in [0.717, 1.165) is 29.6 Å². The van der Waals surface area contributed by atoms with Crippen molar-refractivity contribution in [3.8, 4) is 0 Å². The molecular weight excluding hydrogens is 607 g/mol. The van der Waals surface area contributed by atoms with Gasteiger partial charge < -0.3 is 14.1 Å². The van der Waals surface area contributed by atoms with Crippen LogP contribution in [-0.4, -0.2) is 56.1 Å². The van der Waals surface area contributed by atoms with Gasteiger partial charge in [-0.3, -0.25) is 4.79 Å². The van der Waals surface area contributed by atoms with E-state index in [4.69, 9.17) is 9.16 Å². The van der Waals surface area contributed by atoms with Crippen LogP contribution in [0.4, 0.5) is 13.2 Å². The van der Waals surface area contributed by atoms with Crippen LogP contribution in [0.15, 0.2) is 72.3 Å². The van der Waals surface area contributed by atoms with Crippen molar-refractivity contribution in [1.82, 2.24) is 4.90 Å². The summed E-state index contributed by atoms with van der Waals surface area (Å²) in [6, 6.07) is 20.0. The Hall–Kier alpha value is -2.91. The number of ether oxygens (including phenoxy) is 1. The molecule has 9 heteroatoms. The van der Waals surface area contributed by atoms with Crippen LogP contribution < -0.4 is 10.4 Å². The summed E-state index contributed by atoms with van der Waals surface area (Å²) in [6.45, 7) is 12.6. The molecule has 1 amide bonds. The Bertz CT molecular complexity index is 1320.